The first-order valence-electron chi connectivity index (χ1n) is 11.2. The second-order valence-corrected chi connectivity index (χ2v) is 8.90. The molecule has 14 heteroatoms. The molecular formula is C20H36O14. The van der Waals surface area contributed by atoms with E-state index < -0.39 is 105 Å². The van der Waals surface area contributed by atoms with Gasteiger partial charge in [0.2, 0.25) is 0 Å². The van der Waals surface area contributed by atoms with Crippen molar-refractivity contribution in [1.82, 2.24) is 0 Å². The standard InChI is InChI=1S/C20H36O14/c1-6-10(23)12(25)8(4-21)31-18(6)34-17-16(11(24)7(2)30-20(17)29-3)33-19-15(28)14(27)13(26)9(5-22)32-19/h6-28H,4-5H2,1-3H3/t6-,7?,8?,9-,10?,11-,12+,13+,14?,15?,16?,17-,18-,19+,20+/m0/s1. The van der Waals surface area contributed by atoms with Gasteiger partial charge in [-0.1, -0.05) is 6.92 Å². The van der Waals surface area contributed by atoms with E-state index in [4.69, 9.17) is 28.4 Å². The number of aliphatic hydroxyl groups is 8. The first-order chi connectivity index (χ1) is 16.0. The average Bonchev–Trinajstić information content (AvgIpc) is 2.83. The zero-order chi connectivity index (χ0) is 25.3. The minimum absolute atomic E-state index is 0.593. The summed E-state index contributed by atoms with van der Waals surface area (Å²) in [4.78, 5) is 0. The van der Waals surface area contributed by atoms with Crippen LogP contribution in [0.25, 0.3) is 0 Å². The molecule has 0 aromatic carbocycles. The predicted octanol–water partition coefficient (Wildman–Crippen LogP) is -4.62. The molecule has 0 bridgehead atoms. The van der Waals surface area contributed by atoms with Gasteiger partial charge >= 0.3 is 0 Å². The number of aliphatic hydroxyl groups excluding tert-OH is 8. The summed E-state index contributed by atoms with van der Waals surface area (Å²) >= 11 is 0. The first kappa shape index (κ1) is 28.0. The van der Waals surface area contributed by atoms with Gasteiger partial charge in [-0.25, -0.2) is 0 Å². The molecule has 0 aliphatic carbocycles. The molecular weight excluding hydrogens is 464 g/mol. The number of hydrogen-bond acceptors (Lipinski definition) is 14. The zero-order valence-electron chi connectivity index (χ0n) is 19.1. The molecule has 0 aromatic rings. The lowest BCUT2D eigenvalue weighted by Gasteiger charge is -2.48. The largest absolute Gasteiger partial charge is 0.394 e. The Kier molecular flexibility index (Phi) is 9.61. The van der Waals surface area contributed by atoms with E-state index in [1.165, 1.54) is 14.0 Å². The molecule has 3 rings (SSSR count). The Hall–Kier alpha value is -0.560. The van der Waals surface area contributed by atoms with E-state index in [9.17, 15) is 40.9 Å². The van der Waals surface area contributed by atoms with Crippen LogP contribution in [0.2, 0.25) is 0 Å². The SMILES string of the molecule is CO[C@@H]1OC(C)[C@H](O)C(O[C@H]2O[C@@H](CO)[C@@H](O)C(O)C2O)[C@@H]1O[C@@H]1OC(CO)[C@@H](O)C(O)[C@@H]1C. The Morgan fingerprint density at radius 3 is 1.68 bits per heavy atom. The second kappa shape index (κ2) is 11.7. The topological polar surface area (TPSA) is 217 Å². The number of methoxy groups -OCH3 is 1. The highest BCUT2D eigenvalue weighted by molar-refractivity contribution is 4.95. The van der Waals surface area contributed by atoms with Crippen molar-refractivity contribution >= 4 is 0 Å². The van der Waals surface area contributed by atoms with Crippen molar-refractivity contribution < 1.29 is 69.3 Å². The lowest BCUT2D eigenvalue weighted by atomic mass is 9.92. The van der Waals surface area contributed by atoms with Gasteiger partial charge in [-0.3, -0.25) is 0 Å². The van der Waals surface area contributed by atoms with Gasteiger partial charge in [0.05, 0.1) is 25.4 Å². The average molecular weight is 500 g/mol. The molecule has 0 spiro atoms. The smallest absolute Gasteiger partial charge is 0.187 e. The van der Waals surface area contributed by atoms with Gasteiger partial charge in [-0.2, -0.15) is 0 Å². The Morgan fingerprint density at radius 2 is 1.12 bits per heavy atom. The second-order valence-electron chi connectivity index (χ2n) is 8.90. The summed E-state index contributed by atoms with van der Waals surface area (Å²) in [7, 11) is 1.32. The maximum Gasteiger partial charge on any atom is 0.187 e. The minimum atomic E-state index is -1.73. The summed E-state index contributed by atoms with van der Waals surface area (Å²) in [5.41, 5.74) is 0. The fourth-order valence-corrected chi connectivity index (χ4v) is 4.34. The highest BCUT2D eigenvalue weighted by Crippen LogP contribution is 2.34. The third kappa shape index (κ3) is 5.40. The maximum atomic E-state index is 10.8. The number of ether oxygens (including phenoxy) is 6. The van der Waals surface area contributed by atoms with Gasteiger partial charge in [-0.05, 0) is 6.92 Å². The third-order valence-electron chi connectivity index (χ3n) is 6.61. The van der Waals surface area contributed by atoms with Gasteiger partial charge < -0.3 is 69.3 Å². The van der Waals surface area contributed by atoms with Crippen molar-refractivity contribution in [2.45, 2.75) is 99.9 Å². The molecule has 34 heavy (non-hydrogen) atoms. The summed E-state index contributed by atoms with van der Waals surface area (Å²) < 4.78 is 33.7. The summed E-state index contributed by atoms with van der Waals surface area (Å²) in [6.07, 6.45) is -18.7. The van der Waals surface area contributed by atoms with Gasteiger partial charge in [0.1, 0.15) is 54.9 Å². The van der Waals surface area contributed by atoms with Gasteiger partial charge in [0, 0.05) is 13.0 Å². The molecule has 3 aliphatic heterocycles. The van der Waals surface area contributed by atoms with Crippen molar-refractivity contribution in [3.05, 3.63) is 0 Å². The van der Waals surface area contributed by atoms with E-state index in [2.05, 4.69) is 0 Å². The maximum absolute atomic E-state index is 10.8. The minimum Gasteiger partial charge on any atom is -0.394 e. The molecule has 3 heterocycles. The van der Waals surface area contributed by atoms with E-state index in [0.717, 1.165) is 0 Å². The zero-order valence-corrected chi connectivity index (χ0v) is 19.1. The molecule has 200 valence electrons. The van der Waals surface area contributed by atoms with Crippen LogP contribution in [0.5, 0.6) is 0 Å². The summed E-state index contributed by atoms with van der Waals surface area (Å²) in [5.74, 6) is -0.778. The third-order valence-corrected chi connectivity index (χ3v) is 6.61. The normalized spacial score (nSPS) is 52.5. The molecule has 3 saturated heterocycles. The van der Waals surface area contributed by atoms with Crippen LogP contribution in [0.4, 0.5) is 0 Å². The highest BCUT2D eigenvalue weighted by atomic mass is 16.8. The molecule has 0 radical (unpaired) electrons. The fraction of sp³-hybridized carbons (Fsp3) is 1.00. The number of hydrogen-bond donors (Lipinski definition) is 8. The van der Waals surface area contributed by atoms with E-state index in [1.807, 2.05) is 0 Å². The molecule has 0 aromatic heterocycles. The summed E-state index contributed by atoms with van der Waals surface area (Å²) in [6.45, 7) is 1.82. The van der Waals surface area contributed by atoms with Crippen LogP contribution in [0.15, 0.2) is 0 Å². The van der Waals surface area contributed by atoms with Crippen LogP contribution in [-0.2, 0) is 28.4 Å². The van der Waals surface area contributed by atoms with Gasteiger partial charge in [0.25, 0.3) is 0 Å². The quantitative estimate of drug-likeness (QED) is 0.165. The van der Waals surface area contributed by atoms with E-state index in [0.29, 0.717) is 0 Å². The van der Waals surface area contributed by atoms with Crippen molar-refractivity contribution in [3.8, 4) is 0 Å². The molecule has 8 N–H and O–H groups in total. The Balaban J connectivity index is 1.84. The van der Waals surface area contributed by atoms with E-state index in [1.54, 1.807) is 6.92 Å². The lowest BCUT2D eigenvalue weighted by Crippen LogP contribution is -2.65. The summed E-state index contributed by atoms with van der Waals surface area (Å²) in [6, 6.07) is 0. The van der Waals surface area contributed by atoms with E-state index >= 15 is 0 Å². The van der Waals surface area contributed by atoms with Crippen molar-refractivity contribution in [2.24, 2.45) is 5.92 Å². The summed E-state index contributed by atoms with van der Waals surface area (Å²) in [5, 5.41) is 80.6. The molecule has 15 atom stereocenters. The van der Waals surface area contributed by atoms with Crippen LogP contribution in [-0.4, -0.2) is 147 Å². The number of rotatable bonds is 7. The first-order valence-corrected chi connectivity index (χ1v) is 11.2. The van der Waals surface area contributed by atoms with Crippen LogP contribution in [0.3, 0.4) is 0 Å². The van der Waals surface area contributed by atoms with Crippen LogP contribution >= 0.6 is 0 Å². The van der Waals surface area contributed by atoms with Crippen molar-refractivity contribution in [1.29, 1.82) is 0 Å². The lowest BCUT2D eigenvalue weighted by molar-refractivity contribution is -0.384. The Bertz CT molecular complexity index is 598. The highest BCUT2D eigenvalue weighted by Gasteiger charge is 2.53. The molecule has 6 unspecified atom stereocenters. The monoisotopic (exact) mass is 500 g/mol. The predicted molar refractivity (Wildman–Crippen MR) is 108 cm³/mol. The van der Waals surface area contributed by atoms with Gasteiger partial charge in [0.15, 0.2) is 18.9 Å². The van der Waals surface area contributed by atoms with Crippen LogP contribution < -0.4 is 0 Å². The van der Waals surface area contributed by atoms with E-state index in [-0.39, 0.29) is 0 Å². The molecule has 0 saturated carbocycles. The Morgan fingerprint density at radius 1 is 0.588 bits per heavy atom. The van der Waals surface area contributed by atoms with Crippen LogP contribution in [0, 0.1) is 5.92 Å². The fourth-order valence-electron chi connectivity index (χ4n) is 4.34. The van der Waals surface area contributed by atoms with Crippen molar-refractivity contribution in [3.63, 3.8) is 0 Å². The molecule has 3 aliphatic rings. The van der Waals surface area contributed by atoms with Crippen LogP contribution in [0.1, 0.15) is 13.8 Å². The van der Waals surface area contributed by atoms with Gasteiger partial charge in [-0.15, -0.1) is 0 Å². The molecule has 3 fully saturated rings. The molecule has 14 nitrogen and oxygen atoms in total. The Labute approximate surface area is 196 Å². The van der Waals surface area contributed by atoms with Crippen molar-refractivity contribution in [2.75, 3.05) is 20.3 Å². The molecule has 0 amide bonds.